The van der Waals surface area contributed by atoms with Crippen molar-refractivity contribution in [2.75, 3.05) is 25.0 Å². The Hall–Kier alpha value is -1.90. The molecule has 0 radical (unpaired) electrons. The highest BCUT2D eigenvalue weighted by molar-refractivity contribution is 9.10. The minimum atomic E-state index is -3.59. The maximum atomic E-state index is 13.0. The Morgan fingerprint density at radius 1 is 1.06 bits per heavy atom. The largest absolute Gasteiger partial charge is 0.494 e. The average molecular weight is 523 g/mol. The van der Waals surface area contributed by atoms with Crippen LogP contribution in [0.25, 0.3) is 0 Å². The Bertz CT molecular complexity index is 1020. The van der Waals surface area contributed by atoms with Crippen molar-refractivity contribution in [1.82, 2.24) is 4.31 Å². The molecular weight excluding hydrogens is 492 g/mol. The fourth-order valence-corrected chi connectivity index (χ4v) is 6.07. The van der Waals surface area contributed by atoms with Crippen LogP contribution in [-0.4, -0.2) is 38.3 Å². The van der Waals surface area contributed by atoms with Gasteiger partial charge in [-0.05, 0) is 80.1 Å². The van der Waals surface area contributed by atoms with Crippen LogP contribution in [0.15, 0.2) is 45.8 Å². The summed E-state index contributed by atoms with van der Waals surface area (Å²) in [5.41, 5.74) is 3.09. The molecule has 0 aliphatic carbocycles. The number of nitrogens with one attached hydrogen (secondary N) is 1. The molecule has 0 atom stereocenters. The number of ether oxygens (including phenoxy) is 1. The topological polar surface area (TPSA) is 75.7 Å². The number of rotatable bonds is 8. The van der Waals surface area contributed by atoms with E-state index in [4.69, 9.17) is 4.74 Å². The second-order valence-electron chi connectivity index (χ2n) is 7.88. The van der Waals surface area contributed by atoms with Crippen molar-refractivity contribution in [2.45, 2.75) is 51.3 Å². The Kier molecular flexibility index (Phi) is 8.36. The Morgan fingerprint density at radius 2 is 1.62 bits per heavy atom. The van der Waals surface area contributed by atoms with E-state index >= 15 is 0 Å². The fourth-order valence-electron chi connectivity index (χ4n) is 4.05. The molecule has 1 N–H and O–H groups in total. The van der Waals surface area contributed by atoms with Gasteiger partial charge in [0.2, 0.25) is 15.9 Å². The summed E-state index contributed by atoms with van der Waals surface area (Å²) in [6.07, 6.45) is 2.64. The zero-order valence-corrected chi connectivity index (χ0v) is 21.3. The van der Waals surface area contributed by atoms with E-state index in [1.165, 1.54) is 4.31 Å². The van der Waals surface area contributed by atoms with Crippen molar-refractivity contribution >= 4 is 37.5 Å². The standard InChI is InChI=1S/C24H31BrN2O4S/c1-4-17-15-20(25)16-18(5-2)23(17)26-24(28)19-11-13-27(14-12-19)32(29,30)22-9-7-21(8-10-22)31-6-3/h7-10,15-16,19H,4-6,11-14H2,1-3H3,(H,26,28). The summed E-state index contributed by atoms with van der Waals surface area (Å²) in [6, 6.07) is 10.6. The number of nitrogens with zero attached hydrogens (tertiary/aromatic N) is 1. The van der Waals surface area contributed by atoms with E-state index in [1.807, 2.05) is 19.1 Å². The van der Waals surface area contributed by atoms with Gasteiger partial charge in [0.15, 0.2) is 0 Å². The summed E-state index contributed by atoms with van der Waals surface area (Å²) in [5.74, 6) is 0.405. The van der Waals surface area contributed by atoms with Gasteiger partial charge in [-0.15, -0.1) is 0 Å². The molecule has 1 amide bonds. The molecule has 0 unspecified atom stereocenters. The zero-order chi connectivity index (χ0) is 23.3. The molecule has 0 bridgehead atoms. The third-order valence-electron chi connectivity index (χ3n) is 5.87. The smallest absolute Gasteiger partial charge is 0.243 e. The highest BCUT2D eigenvalue weighted by Crippen LogP contribution is 2.30. The van der Waals surface area contributed by atoms with Crippen molar-refractivity contribution in [3.05, 3.63) is 52.0 Å². The van der Waals surface area contributed by atoms with Crippen molar-refractivity contribution in [3.8, 4) is 5.75 Å². The Morgan fingerprint density at radius 3 is 2.12 bits per heavy atom. The quantitative estimate of drug-likeness (QED) is 0.528. The second-order valence-corrected chi connectivity index (χ2v) is 10.7. The van der Waals surface area contributed by atoms with E-state index in [9.17, 15) is 13.2 Å². The van der Waals surface area contributed by atoms with Gasteiger partial charge in [-0.3, -0.25) is 4.79 Å². The molecule has 3 rings (SSSR count). The highest BCUT2D eigenvalue weighted by atomic mass is 79.9. The van der Waals surface area contributed by atoms with E-state index < -0.39 is 10.0 Å². The van der Waals surface area contributed by atoms with Gasteiger partial charge in [-0.25, -0.2) is 8.42 Å². The number of amides is 1. The fraction of sp³-hybridized carbons (Fsp3) is 0.458. The Labute approximate surface area is 199 Å². The summed E-state index contributed by atoms with van der Waals surface area (Å²) in [5, 5.41) is 3.14. The molecule has 6 nitrogen and oxygen atoms in total. The van der Waals surface area contributed by atoms with Gasteiger partial charge in [-0.1, -0.05) is 29.8 Å². The second kappa shape index (κ2) is 10.8. The van der Waals surface area contributed by atoms with Crippen LogP contribution in [0.1, 0.15) is 44.7 Å². The predicted molar refractivity (Wildman–Crippen MR) is 131 cm³/mol. The molecule has 8 heteroatoms. The van der Waals surface area contributed by atoms with E-state index in [2.05, 4.69) is 35.1 Å². The van der Waals surface area contributed by atoms with Crippen molar-refractivity contribution in [2.24, 2.45) is 5.92 Å². The van der Waals surface area contributed by atoms with Gasteiger partial charge >= 0.3 is 0 Å². The normalized spacial score (nSPS) is 15.5. The van der Waals surface area contributed by atoms with Gasteiger partial charge in [-0.2, -0.15) is 4.31 Å². The molecule has 2 aromatic carbocycles. The van der Waals surface area contributed by atoms with Crippen LogP contribution in [0, 0.1) is 5.92 Å². The zero-order valence-electron chi connectivity index (χ0n) is 18.9. The minimum absolute atomic E-state index is 0.0326. The number of hydrogen-bond donors (Lipinski definition) is 1. The maximum absolute atomic E-state index is 13.0. The van der Waals surface area contributed by atoms with Crippen LogP contribution in [-0.2, 0) is 27.7 Å². The number of carbonyl (C=O) groups excluding carboxylic acids is 1. The average Bonchev–Trinajstić information content (AvgIpc) is 2.80. The number of halogens is 1. The van der Waals surface area contributed by atoms with Crippen molar-refractivity contribution in [1.29, 1.82) is 0 Å². The number of benzene rings is 2. The van der Waals surface area contributed by atoms with Crippen LogP contribution < -0.4 is 10.1 Å². The molecule has 1 aliphatic rings. The summed E-state index contributed by atoms with van der Waals surface area (Å²) in [7, 11) is -3.59. The first-order valence-electron chi connectivity index (χ1n) is 11.1. The third kappa shape index (κ3) is 5.53. The van der Waals surface area contributed by atoms with Gasteiger partial charge in [0.25, 0.3) is 0 Å². The molecular formula is C24H31BrN2O4S. The maximum Gasteiger partial charge on any atom is 0.243 e. The van der Waals surface area contributed by atoms with Gasteiger partial charge in [0.1, 0.15) is 5.75 Å². The molecule has 0 aromatic heterocycles. The lowest BCUT2D eigenvalue weighted by Crippen LogP contribution is -2.41. The van der Waals surface area contributed by atoms with E-state index in [0.717, 1.165) is 34.1 Å². The van der Waals surface area contributed by atoms with Gasteiger partial charge in [0, 0.05) is 29.2 Å². The number of hydrogen-bond acceptors (Lipinski definition) is 4. The predicted octanol–water partition coefficient (Wildman–Crippen LogP) is 5.01. The lowest BCUT2D eigenvalue weighted by Gasteiger charge is -2.31. The van der Waals surface area contributed by atoms with E-state index in [1.54, 1.807) is 24.3 Å². The Balaban J connectivity index is 1.66. The molecule has 1 saturated heterocycles. The molecule has 1 fully saturated rings. The van der Waals surface area contributed by atoms with E-state index in [-0.39, 0.29) is 16.7 Å². The first kappa shape index (κ1) is 24.7. The van der Waals surface area contributed by atoms with Crippen molar-refractivity contribution < 1.29 is 17.9 Å². The monoisotopic (exact) mass is 522 g/mol. The number of piperidine rings is 1. The molecule has 2 aromatic rings. The molecule has 1 aliphatic heterocycles. The molecule has 174 valence electrons. The molecule has 1 heterocycles. The lowest BCUT2D eigenvalue weighted by molar-refractivity contribution is -0.120. The third-order valence-corrected chi connectivity index (χ3v) is 8.24. The first-order valence-corrected chi connectivity index (χ1v) is 13.4. The SMILES string of the molecule is CCOc1ccc(S(=O)(=O)N2CCC(C(=O)Nc3c(CC)cc(Br)cc3CC)CC2)cc1. The van der Waals surface area contributed by atoms with E-state index in [0.29, 0.717) is 38.3 Å². The molecule has 0 spiro atoms. The summed E-state index contributed by atoms with van der Waals surface area (Å²) < 4.78 is 33.9. The van der Waals surface area contributed by atoms with Crippen LogP contribution in [0.2, 0.25) is 0 Å². The number of sulfonamides is 1. The molecule has 0 saturated carbocycles. The van der Waals surface area contributed by atoms with Crippen molar-refractivity contribution in [3.63, 3.8) is 0 Å². The molecule has 32 heavy (non-hydrogen) atoms. The highest BCUT2D eigenvalue weighted by Gasteiger charge is 2.32. The van der Waals surface area contributed by atoms with Gasteiger partial charge < -0.3 is 10.1 Å². The van der Waals surface area contributed by atoms with Crippen LogP contribution >= 0.6 is 15.9 Å². The summed E-state index contributed by atoms with van der Waals surface area (Å²) >= 11 is 3.55. The van der Waals surface area contributed by atoms with Gasteiger partial charge in [0.05, 0.1) is 11.5 Å². The number of anilines is 1. The van der Waals surface area contributed by atoms with Crippen LogP contribution in [0.3, 0.4) is 0 Å². The number of aryl methyl sites for hydroxylation is 2. The lowest BCUT2D eigenvalue weighted by atomic mass is 9.96. The minimum Gasteiger partial charge on any atom is -0.494 e. The summed E-state index contributed by atoms with van der Waals surface area (Å²) in [4.78, 5) is 13.3. The summed E-state index contributed by atoms with van der Waals surface area (Å²) in [6.45, 7) is 7.21. The first-order chi connectivity index (χ1) is 15.3. The number of carbonyl (C=O) groups is 1. The van der Waals surface area contributed by atoms with Crippen LogP contribution in [0.5, 0.6) is 5.75 Å². The van der Waals surface area contributed by atoms with Crippen LogP contribution in [0.4, 0.5) is 5.69 Å².